The minimum absolute atomic E-state index is 0.0710. The summed E-state index contributed by atoms with van der Waals surface area (Å²) in [4.78, 5) is 20.9. The molecule has 0 fully saturated rings. The van der Waals surface area contributed by atoms with Crippen LogP contribution in [0.3, 0.4) is 0 Å². The number of nitrogens with zero attached hydrogens (tertiary/aromatic N) is 4. The van der Waals surface area contributed by atoms with Crippen molar-refractivity contribution >= 4 is 17.5 Å². The highest BCUT2D eigenvalue weighted by molar-refractivity contribution is 5.62. The average molecular weight is 282 g/mol. The van der Waals surface area contributed by atoms with Crippen LogP contribution >= 0.6 is 0 Å². The smallest absolute Gasteiger partial charge is 0.332 e. The molecule has 1 heterocycles. The van der Waals surface area contributed by atoms with Crippen molar-refractivity contribution in [1.82, 2.24) is 9.97 Å². The molecule has 0 saturated carbocycles. The first-order valence-electron chi connectivity index (χ1n) is 6.54. The van der Waals surface area contributed by atoms with Crippen molar-refractivity contribution in [3.8, 4) is 0 Å². The van der Waals surface area contributed by atoms with Gasteiger partial charge in [-0.2, -0.15) is 4.98 Å². The third-order valence-corrected chi connectivity index (χ3v) is 2.81. The number of anilines is 2. The number of hydrogen-bond acceptors (Lipinski definition) is 7. The van der Waals surface area contributed by atoms with Gasteiger partial charge in [0.05, 0.1) is 4.92 Å². The summed E-state index contributed by atoms with van der Waals surface area (Å²) < 4.78 is 0. The molecule has 0 aliphatic rings. The number of nitrogens with one attached hydrogen (secondary N) is 1. The van der Waals surface area contributed by atoms with Crippen LogP contribution < -0.4 is 16.2 Å². The summed E-state index contributed by atoms with van der Waals surface area (Å²) in [6.07, 6.45) is 0. The van der Waals surface area contributed by atoms with Crippen LogP contribution in [0.15, 0.2) is 0 Å². The predicted octanol–water partition coefficient (Wildman–Crippen LogP) is 1.85. The second kappa shape index (κ2) is 6.47. The van der Waals surface area contributed by atoms with Gasteiger partial charge in [-0.05, 0) is 26.7 Å². The van der Waals surface area contributed by atoms with E-state index in [1.165, 1.54) is 0 Å². The molecule has 0 aliphatic carbocycles. The maximum Gasteiger partial charge on any atom is 0.332 e. The fraction of sp³-hybridized carbons (Fsp3) is 0.667. The van der Waals surface area contributed by atoms with Crippen LogP contribution in [0.2, 0.25) is 0 Å². The fourth-order valence-electron chi connectivity index (χ4n) is 1.97. The quantitative estimate of drug-likeness (QED) is 0.465. The number of hydrogen-bond donors (Lipinski definition) is 2. The van der Waals surface area contributed by atoms with E-state index in [0.29, 0.717) is 24.0 Å². The Balaban J connectivity index is 3.44. The molecular weight excluding hydrogens is 260 g/mol. The topological polar surface area (TPSA) is 110 Å². The molecule has 8 nitrogen and oxygen atoms in total. The minimum atomic E-state index is -0.444. The molecule has 3 N–H and O–H groups in total. The molecule has 8 heteroatoms. The Labute approximate surface area is 118 Å². The zero-order valence-corrected chi connectivity index (χ0v) is 12.5. The maximum atomic E-state index is 11.3. The first-order valence-corrected chi connectivity index (χ1v) is 6.54. The Bertz CT molecular complexity index is 489. The summed E-state index contributed by atoms with van der Waals surface area (Å²) in [5.41, 5.74) is 2.57. The lowest BCUT2D eigenvalue weighted by molar-refractivity contribution is -0.385. The number of hydrazine groups is 1. The normalized spacial score (nSPS) is 11.0. The number of rotatable bonds is 6. The SMILES string of the molecule is Cc1nc(NN)nc(N(CC(C)C)C(C)C)c1[N+](=O)[O-]. The number of nitrogen functional groups attached to an aromatic ring is 1. The maximum absolute atomic E-state index is 11.3. The highest BCUT2D eigenvalue weighted by atomic mass is 16.6. The van der Waals surface area contributed by atoms with Crippen LogP contribution in [0.1, 0.15) is 33.4 Å². The van der Waals surface area contributed by atoms with Crippen molar-refractivity contribution in [2.75, 3.05) is 16.9 Å². The molecule has 1 aromatic rings. The highest BCUT2D eigenvalue weighted by Crippen LogP contribution is 2.31. The van der Waals surface area contributed by atoms with Crippen molar-refractivity contribution in [3.05, 3.63) is 15.8 Å². The lowest BCUT2D eigenvalue weighted by Crippen LogP contribution is -2.36. The molecule has 1 aromatic heterocycles. The van der Waals surface area contributed by atoms with E-state index in [0.717, 1.165) is 0 Å². The van der Waals surface area contributed by atoms with Gasteiger partial charge >= 0.3 is 5.69 Å². The third kappa shape index (κ3) is 3.53. The van der Waals surface area contributed by atoms with Gasteiger partial charge in [0.2, 0.25) is 11.8 Å². The van der Waals surface area contributed by atoms with E-state index in [1.54, 1.807) is 6.92 Å². The number of aromatic nitrogens is 2. The van der Waals surface area contributed by atoms with Gasteiger partial charge in [0.1, 0.15) is 5.69 Å². The third-order valence-electron chi connectivity index (χ3n) is 2.81. The van der Waals surface area contributed by atoms with E-state index in [2.05, 4.69) is 29.2 Å². The monoisotopic (exact) mass is 282 g/mol. The van der Waals surface area contributed by atoms with Crippen molar-refractivity contribution in [2.24, 2.45) is 11.8 Å². The molecule has 1 rings (SSSR count). The Morgan fingerprint density at radius 2 is 1.95 bits per heavy atom. The standard InChI is InChI=1S/C12H22N6O2/c1-7(2)6-17(8(3)4)11-10(18(19)20)9(5)14-12(15-11)16-13/h7-8H,6,13H2,1-5H3,(H,14,15,16). The zero-order valence-electron chi connectivity index (χ0n) is 12.5. The van der Waals surface area contributed by atoms with Gasteiger partial charge in [0, 0.05) is 12.6 Å². The minimum Gasteiger partial charge on any atom is -0.348 e. The molecule has 0 aliphatic heterocycles. The van der Waals surface area contributed by atoms with E-state index in [4.69, 9.17) is 5.84 Å². The summed E-state index contributed by atoms with van der Waals surface area (Å²) >= 11 is 0. The number of nitrogens with two attached hydrogens (primary N) is 1. The molecule has 112 valence electrons. The van der Waals surface area contributed by atoms with Gasteiger partial charge in [-0.25, -0.2) is 10.8 Å². The molecule has 0 unspecified atom stereocenters. The summed E-state index contributed by atoms with van der Waals surface area (Å²) in [5, 5.41) is 11.3. The van der Waals surface area contributed by atoms with Gasteiger partial charge in [0.25, 0.3) is 0 Å². The van der Waals surface area contributed by atoms with Gasteiger partial charge in [-0.15, -0.1) is 0 Å². The van der Waals surface area contributed by atoms with Crippen LogP contribution in [0.4, 0.5) is 17.5 Å². The van der Waals surface area contributed by atoms with E-state index >= 15 is 0 Å². The second-order valence-corrected chi connectivity index (χ2v) is 5.35. The zero-order chi connectivity index (χ0) is 15.4. The van der Waals surface area contributed by atoms with Crippen LogP contribution in [0.25, 0.3) is 0 Å². The first kappa shape index (κ1) is 16.1. The highest BCUT2D eigenvalue weighted by Gasteiger charge is 2.28. The van der Waals surface area contributed by atoms with Gasteiger partial charge < -0.3 is 4.90 Å². The lowest BCUT2D eigenvalue weighted by atomic mass is 10.1. The Kier molecular flexibility index (Phi) is 5.20. The molecular formula is C12H22N6O2. The van der Waals surface area contributed by atoms with E-state index in [1.807, 2.05) is 18.7 Å². The van der Waals surface area contributed by atoms with Crippen LogP contribution in [0.5, 0.6) is 0 Å². The second-order valence-electron chi connectivity index (χ2n) is 5.35. The summed E-state index contributed by atoms with van der Waals surface area (Å²) in [5.74, 6) is 6.16. The first-order chi connectivity index (χ1) is 9.27. The molecule has 20 heavy (non-hydrogen) atoms. The van der Waals surface area contributed by atoms with E-state index < -0.39 is 4.92 Å². The lowest BCUT2D eigenvalue weighted by Gasteiger charge is -2.29. The number of aryl methyl sites for hydroxylation is 1. The van der Waals surface area contributed by atoms with Crippen molar-refractivity contribution in [1.29, 1.82) is 0 Å². The Hall–Kier alpha value is -1.96. The Morgan fingerprint density at radius 3 is 2.35 bits per heavy atom. The van der Waals surface area contributed by atoms with Crippen molar-refractivity contribution in [2.45, 2.75) is 40.7 Å². The predicted molar refractivity (Wildman–Crippen MR) is 78.6 cm³/mol. The molecule has 0 bridgehead atoms. The molecule has 0 spiro atoms. The molecule has 0 aromatic carbocycles. The molecule has 0 atom stereocenters. The number of nitro groups is 1. The van der Waals surface area contributed by atoms with Crippen molar-refractivity contribution in [3.63, 3.8) is 0 Å². The summed E-state index contributed by atoms with van der Waals surface area (Å²) in [6, 6.07) is 0.0797. The average Bonchev–Trinajstić information content (AvgIpc) is 2.33. The van der Waals surface area contributed by atoms with Crippen LogP contribution in [0, 0.1) is 23.0 Å². The van der Waals surface area contributed by atoms with Gasteiger partial charge in [-0.3, -0.25) is 15.5 Å². The fourth-order valence-corrected chi connectivity index (χ4v) is 1.97. The van der Waals surface area contributed by atoms with E-state index in [9.17, 15) is 10.1 Å². The van der Waals surface area contributed by atoms with Crippen LogP contribution in [-0.4, -0.2) is 27.5 Å². The van der Waals surface area contributed by atoms with Gasteiger partial charge in [0.15, 0.2) is 0 Å². The molecule has 0 amide bonds. The van der Waals surface area contributed by atoms with Crippen molar-refractivity contribution < 1.29 is 4.92 Å². The summed E-state index contributed by atoms with van der Waals surface area (Å²) in [7, 11) is 0. The van der Waals surface area contributed by atoms with E-state index in [-0.39, 0.29) is 17.7 Å². The Morgan fingerprint density at radius 1 is 1.35 bits per heavy atom. The molecule has 0 radical (unpaired) electrons. The summed E-state index contributed by atoms with van der Waals surface area (Å²) in [6.45, 7) is 10.3. The largest absolute Gasteiger partial charge is 0.348 e. The molecule has 0 saturated heterocycles. The van der Waals surface area contributed by atoms with Gasteiger partial charge in [-0.1, -0.05) is 13.8 Å². The van der Waals surface area contributed by atoms with Crippen LogP contribution in [-0.2, 0) is 0 Å².